The zero-order chi connectivity index (χ0) is 20.7. The molecule has 0 radical (unpaired) electrons. The monoisotopic (exact) mass is 407 g/mol. The molecule has 0 aliphatic carbocycles. The van der Waals surface area contributed by atoms with Crippen LogP contribution in [0.3, 0.4) is 0 Å². The number of piperazine rings is 1. The molecule has 9 heteroatoms. The average Bonchev–Trinajstić information content (AvgIpc) is 2.74. The van der Waals surface area contributed by atoms with E-state index in [1.54, 1.807) is 13.1 Å². The summed E-state index contributed by atoms with van der Waals surface area (Å²) in [4.78, 5) is 12.8. The van der Waals surface area contributed by atoms with Gasteiger partial charge in [0.1, 0.15) is 0 Å². The first-order valence-electron chi connectivity index (χ1n) is 9.35. The number of nitrogens with one attached hydrogen (secondary N) is 1. The fraction of sp³-hybridized carbons (Fsp3) is 0.400. The molecule has 6 nitrogen and oxygen atoms in total. The largest absolute Gasteiger partial charge is 0.468 e. The molecular formula is C20H24F3N5O. The minimum absolute atomic E-state index is 0.0486. The number of para-hydroxylation sites is 1. The second-order valence-corrected chi connectivity index (χ2v) is 6.62. The number of pyridine rings is 1. The number of guanidine groups is 1. The van der Waals surface area contributed by atoms with E-state index in [2.05, 4.69) is 42.0 Å². The van der Waals surface area contributed by atoms with Crippen LogP contribution in [0, 0.1) is 0 Å². The van der Waals surface area contributed by atoms with Crippen LogP contribution in [0.25, 0.3) is 0 Å². The lowest BCUT2D eigenvalue weighted by Gasteiger charge is -2.37. The summed E-state index contributed by atoms with van der Waals surface area (Å²) in [6.45, 7) is 2.61. The summed E-state index contributed by atoms with van der Waals surface area (Å²) in [6.07, 6.45) is -2.88. The number of hydrogen-bond donors (Lipinski definition) is 1. The molecule has 0 unspecified atom stereocenters. The fourth-order valence-corrected chi connectivity index (χ4v) is 3.09. The van der Waals surface area contributed by atoms with Gasteiger partial charge in [-0.05, 0) is 17.7 Å². The molecule has 1 aliphatic rings. The summed E-state index contributed by atoms with van der Waals surface area (Å²) >= 11 is 0. The lowest BCUT2D eigenvalue weighted by atomic mass is 10.2. The smallest absolute Gasteiger partial charge is 0.422 e. The van der Waals surface area contributed by atoms with Crippen molar-refractivity contribution < 1.29 is 17.9 Å². The lowest BCUT2D eigenvalue weighted by molar-refractivity contribution is -0.154. The molecule has 1 aromatic carbocycles. The van der Waals surface area contributed by atoms with Gasteiger partial charge in [-0.3, -0.25) is 4.99 Å². The Hall–Kier alpha value is -2.97. The number of nitrogens with zero attached hydrogens (tertiary/aromatic N) is 4. The molecule has 0 amide bonds. The number of aliphatic imine (C=N–C) groups is 1. The first-order valence-corrected chi connectivity index (χ1v) is 9.35. The number of anilines is 1. The van der Waals surface area contributed by atoms with Crippen molar-refractivity contribution in [2.24, 2.45) is 4.99 Å². The van der Waals surface area contributed by atoms with Crippen LogP contribution >= 0.6 is 0 Å². The van der Waals surface area contributed by atoms with E-state index >= 15 is 0 Å². The van der Waals surface area contributed by atoms with E-state index in [-0.39, 0.29) is 5.88 Å². The molecule has 0 spiro atoms. The van der Waals surface area contributed by atoms with E-state index in [0.717, 1.165) is 37.7 Å². The maximum Gasteiger partial charge on any atom is 0.422 e. The second kappa shape index (κ2) is 9.49. The van der Waals surface area contributed by atoms with Crippen molar-refractivity contribution in [2.75, 3.05) is 44.7 Å². The van der Waals surface area contributed by atoms with Crippen molar-refractivity contribution in [1.82, 2.24) is 15.2 Å². The van der Waals surface area contributed by atoms with Crippen molar-refractivity contribution in [3.63, 3.8) is 0 Å². The Morgan fingerprint density at radius 3 is 2.41 bits per heavy atom. The van der Waals surface area contributed by atoms with Crippen LogP contribution in [0.1, 0.15) is 5.56 Å². The third-order valence-corrected chi connectivity index (χ3v) is 4.54. The first kappa shape index (κ1) is 20.8. The predicted octanol–water partition coefficient (Wildman–Crippen LogP) is 2.92. The molecule has 1 aromatic heterocycles. The highest BCUT2D eigenvalue weighted by Gasteiger charge is 2.28. The van der Waals surface area contributed by atoms with Crippen molar-refractivity contribution in [3.05, 3.63) is 54.2 Å². The molecule has 0 atom stereocenters. The van der Waals surface area contributed by atoms with Crippen molar-refractivity contribution in [2.45, 2.75) is 12.7 Å². The highest BCUT2D eigenvalue weighted by atomic mass is 19.4. The van der Waals surface area contributed by atoms with Gasteiger partial charge in [-0.25, -0.2) is 4.98 Å². The molecule has 0 bridgehead atoms. The van der Waals surface area contributed by atoms with E-state index in [4.69, 9.17) is 0 Å². The molecule has 1 saturated heterocycles. The summed E-state index contributed by atoms with van der Waals surface area (Å²) in [5.74, 6) is 0.739. The lowest BCUT2D eigenvalue weighted by Crippen LogP contribution is -2.52. The van der Waals surface area contributed by atoms with E-state index in [1.165, 1.54) is 18.0 Å². The SMILES string of the molecule is CN=C(NCc1ccc(OCC(F)(F)F)nc1)N1CCN(c2ccccc2)CC1. The number of halogens is 3. The minimum Gasteiger partial charge on any atom is -0.468 e. The Morgan fingerprint density at radius 2 is 1.83 bits per heavy atom. The Kier molecular flexibility index (Phi) is 6.79. The van der Waals surface area contributed by atoms with Gasteiger partial charge >= 0.3 is 6.18 Å². The van der Waals surface area contributed by atoms with Crippen LogP contribution in [0.15, 0.2) is 53.7 Å². The summed E-state index contributed by atoms with van der Waals surface area (Å²) in [5.41, 5.74) is 2.04. The van der Waals surface area contributed by atoms with Crippen molar-refractivity contribution in [1.29, 1.82) is 0 Å². The first-order chi connectivity index (χ1) is 13.9. The maximum atomic E-state index is 12.2. The van der Waals surface area contributed by atoms with E-state index in [1.807, 2.05) is 18.2 Å². The van der Waals surface area contributed by atoms with Gasteiger partial charge in [-0.15, -0.1) is 0 Å². The van der Waals surface area contributed by atoms with Crippen LogP contribution in [-0.2, 0) is 6.54 Å². The van der Waals surface area contributed by atoms with Crippen LogP contribution in [0.5, 0.6) is 5.88 Å². The third-order valence-electron chi connectivity index (χ3n) is 4.54. The molecule has 3 rings (SSSR count). The van der Waals surface area contributed by atoms with Gasteiger partial charge in [-0.2, -0.15) is 13.2 Å². The normalized spacial score (nSPS) is 15.4. The zero-order valence-corrected chi connectivity index (χ0v) is 16.2. The quantitative estimate of drug-likeness (QED) is 0.610. The Balaban J connectivity index is 1.47. The predicted molar refractivity (Wildman–Crippen MR) is 106 cm³/mol. The third kappa shape index (κ3) is 6.27. The van der Waals surface area contributed by atoms with Gasteiger partial charge in [-0.1, -0.05) is 24.3 Å². The van der Waals surface area contributed by atoms with Crippen LogP contribution < -0.4 is 15.0 Å². The average molecular weight is 407 g/mol. The van der Waals surface area contributed by atoms with Crippen LogP contribution in [0.2, 0.25) is 0 Å². The fourth-order valence-electron chi connectivity index (χ4n) is 3.09. The van der Waals surface area contributed by atoms with Crippen LogP contribution in [0.4, 0.5) is 18.9 Å². The maximum absolute atomic E-state index is 12.2. The Morgan fingerprint density at radius 1 is 1.10 bits per heavy atom. The number of benzene rings is 1. The topological polar surface area (TPSA) is 53.0 Å². The number of ether oxygens (including phenoxy) is 1. The Bertz CT molecular complexity index is 788. The van der Waals surface area contributed by atoms with Gasteiger partial charge in [0, 0.05) is 57.7 Å². The highest BCUT2D eigenvalue weighted by molar-refractivity contribution is 5.80. The molecule has 0 saturated carbocycles. The van der Waals surface area contributed by atoms with Crippen molar-refractivity contribution in [3.8, 4) is 5.88 Å². The van der Waals surface area contributed by atoms with E-state index < -0.39 is 12.8 Å². The summed E-state index contributed by atoms with van der Waals surface area (Å²) in [5, 5.41) is 3.28. The second-order valence-electron chi connectivity index (χ2n) is 6.62. The Labute approximate surface area is 168 Å². The number of rotatable bonds is 5. The number of hydrogen-bond acceptors (Lipinski definition) is 4. The number of alkyl halides is 3. The summed E-state index contributed by atoms with van der Waals surface area (Å²) in [7, 11) is 1.73. The van der Waals surface area contributed by atoms with Crippen LogP contribution in [-0.4, -0.2) is 61.9 Å². The zero-order valence-electron chi connectivity index (χ0n) is 16.2. The standard InChI is InChI=1S/C20H24F3N5O/c1-24-19(28-11-9-27(10-12-28)17-5-3-2-4-6-17)26-14-16-7-8-18(25-13-16)29-15-20(21,22)23/h2-8,13H,9-12,14-15H2,1H3,(H,24,26). The summed E-state index contributed by atoms with van der Waals surface area (Å²) in [6, 6.07) is 13.4. The molecule has 1 fully saturated rings. The molecular weight excluding hydrogens is 383 g/mol. The number of aromatic nitrogens is 1. The van der Waals surface area contributed by atoms with Gasteiger partial charge in [0.15, 0.2) is 12.6 Å². The van der Waals surface area contributed by atoms with Gasteiger partial charge in [0.25, 0.3) is 0 Å². The van der Waals surface area contributed by atoms with Gasteiger partial charge in [0.05, 0.1) is 0 Å². The molecule has 156 valence electrons. The highest BCUT2D eigenvalue weighted by Crippen LogP contribution is 2.17. The van der Waals surface area contributed by atoms with E-state index in [9.17, 15) is 13.2 Å². The van der Waals surface area contributed by atoms with Crippen molar-refractivity contribution >= 4 is 11.6 Å². The summed E-state index contributed by atoms with van der Waals surface area (Å²) < 4.78 is 41.2. The molecule has 29 heavy (non-hydrogen) atoms. The van der Waals surface area contributed by atoms with E-state index in [0.29, 0.717) is 6.54 Å². The molecule has 2 aromatic rings. The minimum atomic E-state index is -4.38. The molecule has 1 N–H and O–H groups in total. The van der Waals surface area contributed by atoms with Gasteiger partial charge in [0.2, 0.25) is 5.88 Å². The molecule has 1 aliphatic heterocycles. The van der Waals surface area contributed by atoms with Gasteiger partial charge < -0.3 is 19.9 Å². The molecule has 2 heterocycles.